The van der Waals surface area contributed by atoms with Gasteiger partial charge in [-0.25, -0.2) is 0 Å². The summed E-state index contributed by atoms with van der Waals surface area (Å²) >= 11 is 0. The number of nitrogen functional groups attached to an aromatic ring is 1. The van der Waals surface area contributed by atoms with Gasteiger partial charge in [-0.2, -0.15) is 15.1 Å². The quantitative estimate of drug-likeness (QED) is 0.777. The van der Waals surface area contributed by atoms with Crippen molar-refractivity contribution < 1.29 is 4.74 Å². The number of rotatable bonds is 4. The summed E-state index contributed by atoms with van der Waals surface area (Å²) in [6, 6.07) is 8.13. The molecular formula is C19H24N6O. The predicted octanol–water partition coefficient (Wildman–Crippen LogP) is 2.55. The number of nitrogens with zero attached hydrogens (tertiary/aromatic N) is 5. The maximum atomic E-state index is 6.11. The van der Waals surface area contributed by atoms with E-state index in [0.717, 1.165) is 48.3 Å². The van der Waals surface area contributed by atoms with Crippen LogP contribution in [0.1, 0.15) is 18.4 Å². The first-order valence-electron chi connectivity index (χ1n) is 9.00. The highest BCUT2D eigenvalue weighted by molar-refractivity contribution is 5.86. The molecule has 0 saturated carbocycles. The summed E-state index contributed by atoms with van der Waals surface area (Å²) in [6.45, 7) is 4.57. The van der Waals surface area contributed by atoms with E-state index in [-0.39, 0.29) is 0 Å². The number of fused-ring (bicyclic) bond motifs is 1. The van der Waals surface area contributed by atoms with Gasteiger partial charge in [0.25, 0.3) is 0 Å². The molecule has 4 rings (SSSR count). The standard InChI is InChI=1S/C19H24N6O/c1-13-6-3-4-8-16(13)26-12-14-7-5-9-25(11-14)19-22-17(20)15-10-21-24(2)18(15)23-19/h3-4,6,8,10,14H,5,7,9,11-12H2,1-2H3,(H2,20,22,23). The highest BCUT2D eigenvalue weighted by atomic mass is 16.5. The van der Waals surface area contributed by atoms with Crippen molar-refractivity contribution in [2.24, 2.45) is 13.0 Å². The van der Waals surface area contributed by atoms with Gasteiger partial charge >= 0.3 is 0 Å². The first-order valence-corrected chi connectivity index (χ1v) is 9.00. The second-order valence-corrected chi connectivity index (χ2v) is 6.95. The highest BCUT2D eigenvalue weighted by Crippen LogP contribution is 2.26. The summed E-state index contributed by atoms with van der Waals surface area (Å²) in [4.78, 5) is 11.4. The number of anilines is 2. The van der Waals surface area contributed by atoms with Crippen LogP contribution in [-0.4, -0.2) is 39.4 Å². The van der Waals surface area contributed by atoms with Gasteiger partial charge in [0.15, 0.2) is 5.65 Å². The molecule has 0 spiro atoms. The molecule has 3 aromatic rings. The van der Waals surface area contributed by atoms with Gasteiger partial charge in [-0.3, -0.25) is 4.68 Å². The predicted molar refractivity (Wildman–Crippen MR) is 102 cm³/mol. The second-order valence-electron chi connectivity index (χ2n) is 6.95. The molecular weight excluding hydrogens is 328 g/mol. The summed E-state index contributed by atoms with van der Waals surface area (Å²) in [5.74, 6) is 2.56. The average Bonchev–Trinajstić information content (AvgIpc) is 3.03. The van der Waals surface area contributed by atoms with Gasteiger partial charge in [0.1, 0.15) is 11.6 Å². The van der Waals surface area contributed by atoms with E-state index in [1.165, 1.54) is 0 Å². The molecule has 1 atom stereocenters. The Hall–Kier alpha value is -2.83. The Morgan fingerprint density at radius 1 is 1.27 bits per heavy atom. The molecule has 2 N–H and O–H groups in total. The Bertz CT molecular complexity index is 922. The number of para-hydroxylation sites is 1. The van der Waals surface area contributed by atoms with Crippen LogP contribution in [0.2, 0.25) is 0 Å². The zero-order chi connectivity index (χ0) is 18.1. The van der Waals surface area contributed by atoms with Crippen molar-refractivity contribution in [1.29, 1.82) is 0 Å². The number of piperidine rings is 1. The number of benzene rings is 1. The molecule has 1 saturated heterocycles. The van der Waals surface area contributed by atoms with E-state index < -0.39 is 0 Å². The van der Waals surface area contributed by atoms with E-state index >= 15 is 0 Å². The molecule has 26 heavy (non-hydrogen) atoms. The first kappa shape index (κ1) is 16.6. The van der Waals surface area contributed by atoms with Gasteiger partial charge in [0.05, 0.1) is 18.2 Å². The third-order valence-electron chi connectivity index (χ3n) is 4.98. The number of hydrogen-bond donors (Lipinski definition) is 1. The topological polar surface area (TPSA) is 82.1 Å². The lowest BCUT2D eigenvalue weighted by molar-refractivity contribution is 0.227. The lowest BCUT2D eigenvalue weighted by Gasteiger charge is -2.32. The Labute approximate surface area is 152 Å². The van der Waals surface area contributed by atoms with Crippen molar-refractivity contribution in [3.8, 4) is 5.75 Å². The summed E-state index contributed by atoms with van der Waals surface area (Å²) in [7, 11) is 1.87. The first-order chi connectivity index (χ1) is 12.6. The molecule has 1 fully saturated rings. The molecule has 0 aliphatic carbocycles. The number of hydrogen-bond acceptors (Lipinski definition) is 6. The number of aromatic nitrogens is 4. The summed E-state index contributed by atoms with van der Waals surface area (Å²) in [5.41, 5.74) is 8.04. The molecule has 7 nitrogen and oxygen atoms in total. The third-order valence-corrected chi connectivity index (χ3v) is 4.98. The Morgan fingerprint density at radius 3 is 2.96 bits per heavy atom. The highest BCUT2D eigenvalue weighted by Gasteiger charge is 2.24. The molecule has 1 aliphatic heterocycles. The Balaban J connectivity index is 1.48. The maximum Gasteiger partial charge on any atom is 0.229 e. The van der Waals surface area contributed by atoms with E-state index in [2.05, 4.69) is 33.0 Å². The Morgan fingerprint density at radius 2 is 2.12 bits per heavy atom. The fourth-order valence-corrected chi connectivity index (χ4v) is 3.48. The van der Waals surface area contributed by atoms with Crippen molar-refractivity contribution >= 4 is 22.8 Å². The van der Waals surface area contributed by atoms with Crippen LogP contribution in [0, 0.1) is 12.8 Å². The summed E-state index contributed by atoms with van der Waals surface area (Å²) in [5, 5.41) is 5.02. The van der Waals surface area contributed by atoms with Crippen LogP contribution >= 0.6 is 0 Å². The number of ether oxygens (including phenoxy) is 1. The van der Waals surface area contributed by atoms with Gasteiger partial charge < -0.3 is 15.4 Å². The van der Waals surface area contributed by atoms with Crippen LogP contribution in [-0.2, 0) is 7.05 Å². The molecule has 136 valence electrons. The molecule has 3 heterocycles. The SMILES string of the molecule is Cc1ccccc1OCC1CCCN(c2nc(N)c3cnn(C)c3n2)C1. The molecule has 1 aromatic carbocycles. The lowest BCUT2D eigenvalue weighted by Crippen LogP contribution is -2.38. The van der Waals surface area contributed by atoms with Crippen LogP contribution in [0.15, 0.2) is 30.5 Å². The largest absolute Gasteiger partial charge is 0.493 e. The summed E-state index contributed by atoms with van der Waals surface area (Å²) < 4.78 is 7.79. The maximum absolute atomic E-state index is 6.11. The minimum Gasteiger partial charge on any atom is -0.493 e. The van der Waals surface area contributed by atoms with Crippen molar-refractivity contribution in [2.45, 2.75) is 19.8 Å². The monoisotopic (exact) mass is 352 g/mol. The van der Waals surface area contributed by atoms with Gasteiger partial charge in [-0.15, -0.1) is 0 Å². The van der Waals surface area contributed by atoms with E-state index in [1.807, 2.05) is 25.2 Å². The zero-order valence-electron chi connectivity index (χ0n) is 15.2. The molecule has 0 amide bonds. The van der Waals surface area contributed by atoms with Crippen molar-refractivity contribution in [2.75, 3.05) is 30.3 Å². The van der Waals surface area contributed by atoms with E-state index in [9.17, 15) is 0 Å². The van der Waals surface area contributed by atoms with Gasteiger partial charge in [-0.1, -0.05) is 18.2 Å². The average molecular weight is 352 g/mol. The lowest BCUT2D eigenvalue weighted by atomic mass is 9.99. The van der Waals surface area contributed by atoms with Crippen molar-refractivity contribution in [1.82, 2.24) is 19.7 Å². The van der Waals surface area contributed by atoms with Crippen LogP contribution in [0.4, 0.5) is 11.8 Å². The van der Waals surface area contributed by atoms with Gasteiger partial charge in [-0.05, 0) is 31.4 Å². The molecule has 1 aliphatic rings. The van der Waals surface area contributed by atoms with Gasteiger partial charge in [0.2, 0.25) is 5.95 Å². The zero-order valence-corrected chi connectivity index (χ0v) is 15.2. The van der Waals surface area contributed by atoms with Crippen LogP contribution in [0.25, 0.3) is 11.0 Å². The van der Waals surface area contributed by atoms with E-state index in [1.54, 1.807) is 10.9 Å². The minimum atomic E-state index is 0.440. The molecule has 0 radical (unpaired) electrons. The minimum absolute atomic E-state index is 0.440. The van der Waals surface area contributed by atoms with Crippen LogP contribution in [0.3, 0.4) is 0 Å². The third kappa shape index (κ3) is 3.16. The van der Waals surface area contributed by atoms with Gasteiger partial charge in [0, 0.05) is 26.1 Å². The van der Waals surface area contributed by atoms with E-state index in [0.29, 0.717) is 24.3 Å². The van der Waals surface area contributed by atoms with Crippen LogP contribution in [0.5, 0.6) is 5.75 Å². The van der Waals surface area contributed by atoms with Crippen molar-refractivity contribution in [3.63, 3.8) is 0 Å². The smallest absolute Gasteiger partial charge is 0.229 e. The fourth-order valence-electron chi connectivity index (χ4n) is 3.48. The molecule has 0 bridgehead atoms. The Kier molecular flexibility index (Phi) is 4.36. The van der Waals surface area contributed by atoms with Crippen molar-refractivity contribution in [3.05, 3.63) is 36.0 Å². The molecule has 2 aromatic heterocycles. The second kappa shape index (κ2) is 6.82. The normalized spacial score (nSPS) is 17.6. The molecule has 7 heteroatoms. The van der Waals surface area contributed by atoms with Crippen LogP contribution < -0.4 is 15.4 Å². The summed E-state index contributed by atoms with van der Waals surface area (Å²) in [6.07, 6.45) is 3.95. The number of nitrogens with two attached hydrogens (primary N) is 1. The fraction of sp³-hybridized carbons (Fsp3) is 0.421. The number of aryl methyl sites for hydroxylation is 2. The van der Waals surface area contributed by atoms with E-state index in [4.69, 9.17) is 10.5 Å². The molecule has 1 unspecified atom stereocenters.